The molecule has 26 heavy (non-hydrogen) atoms. The zero-order valence-electron chi connectivity index (χ0n) is 15.2. The quantitative estimate of drug-likeness (QED) is 0.540. The highest BCUT2D eigenvalue weighted by atomic mass is 35.5. The Morgan fingerprint density at radius 2 is 1.96 bits per heavy atom. The molecular formula is C20H21ClFN3S. The normalized spacial score (nSPS) is 13.2. The first-order valence-corrected chi connectivity index (χ1v) is 9.58. The van der Waals surface area contributed by atoms with Crippen LogP contribution in [0.4, 0.5) is 4.39 Å². The van der Waals surface area contributed by atoms with Crippen LogP contribution >= 0.6 is 23.5 Å². The third-order valence-corrected chi connectivity index (χ3v) is 5.22. The molecule has 0 radical (unpaired) electrons. The summed E-state index contributed by atoms with van der Waals surface area (Å²) in [4.78, 5) is 8.98. The maximum absolute atomic E-state index is 14.1. The van der Waals surface area contributed by atoms with E-state index in [1.807, 2.05) is 18.2 Å². The van der Waals surface area contributed by atoms with Gasteiger partial charge in [-0.2, -0.15) is 0 Å². The molecule has 2 aromatic heterocycles. The van der Waals surface area contributed by atoms with Gasteiger partial charge in [-0.1, -0.05) is 29.6 Å². The number of nitrogens with one attached hydrogen (secondary N) is 1. The van der Waals surface area contributed by atoms with E-state index in [1.165, 1.54) is 12.1 Å². The highest BCUT2D eigenvalue weighted by Crippen LogP contribution is 2.37. The SMILES string of the molecule is CC(NSC(C)(C)C)c1cnc2c(Cl)cc(F)cc2c1-c1ccccn1. The lowest BCUT2D eigenvalue weighted by molar-refractivity contribution is 0.629. The van der Waals surface area contributed by atoms with Gasteiger partial charge in [0.1, 0.15) is 5.82 Å². The predicted octanol–water partition coefficient (Wildman–Crippen LogP) is 6.19. The van der Waals surface area contributed by atoms with Crippen LogP contribution in [-0.4, -0.2) is 14.7 Å². The number of nitrogens with zero attached hydrogens (tertiary/aromatic N) is 2. The molecule has 3 nitrogen and oxygen atoms in total. The largest absolute Gasteiger partial charge is 0.256 e. The van der Waals surface area contributed by atoms with Gasteiger partial charge in [-0.3, -0.25) is 14.7 Å². The Balaban J connectivity index is 2.20. The van der Waals surface area contributed by atoms with E-state index in [0.717, 1.165) is 16.8 Å². The molecule has 0 amide bonds. The first kappa shape index (κ1) is 19.1. The molecule has 0 saturated carbocycles. The number of hydrogen-bond donors (Lipinski definition) is 1. The van der Waals surface area contributed by atoms with Crippen LogP contribution in [0.1, 0.15) is 39.3 Å². The van der Waals surface area contributed by atoms with Gasteiger partial charge in [0.15, 0.2) is 0 Å². The molecule has 0 fully saturated rings. The summed E-state index contributed by atoms with van der Waals surface area (Å²) < 4.78 is 17.6. The number of pyridine rings is 2. The zero-order chi connectivity index (χ0) is 18.9. The maximum atomic E-state index is 14.1. The van der Waals surface area contributed by atoms with Crippen molar-refractivity contribution in [3.8, 4) is 11.3 Å². The number of fused-ring (bicyclic) bond motifs is 1. The van der Waals surface area contributed by atoms with E-state index in [-0.39, 0.29) is 16.6 Å². The molecule has 1 aromatic carbocycles. The molecule has 0 aliphatic heterocycles. The first-order chi connectivity index (χ1) is 12.3. The van der Waals surface area contributed by atoms with Crippen LogP contribution < -0.4 is 4.72 Å². The Hall–Kier alpha value is -1.69. The Morgan fingerprint density at radius 3 is 2.62 bits per heavy atom. The van der Waals surface area contributed by atoms with Crippen molar-refractivity contribution >= 4 is 34.5 Å². The fourth-order valence-electron chi connectivity index (χ4n) is 2.70. The highest BCUT2D eigenvalue weighted by molar-refractivity contribution is 7.98. The van der Waals surface area contributed by atoms with E-state index in [1.54, 1.807) is 24.3 Å². The van der Waals surface area contributed by atoms with E-state index >= 15 is 0 Å². The van der Waals surface area contributed by atoms with E-state index in [0.29, 0.717) is 15.9 Å². The first-order valence-electron chi connectivity index (χ1n) is 8.39. The molecule has 136 valence electrons. The van der Waals surface area contributed by atoms with Crippen LogP contribution in [0, 0.1) is 5.82 Å². The topological polar surface area (TPSA) is 37.8 Å². The van der Waals surface area contributed by atoms with Gasteiger partial charge in [0.2, 0.25) is 0 Å². The van der Waals surface area contributed by atoms with Gasteiger partial charge in [-0.25, -0.2) is 4.39 Å². The monoisotopic (exact) mass is 389 g/mol. The van der Waals surface area contributed by atoms with Crippen molar-refractivity contribution in [2.75, 3.05) is 0 Å². The molecule has 0 aliphatic carbocycles. The van der Waals surface area contributed by atoms with Crippen LogP contribution in [0.15, 0.2) is 42.7 Å². The van der Waals surface area contributed by atoms with Crippen molar-refractivity contribution < 1.29 is 4.39 Å². The van der Waals surface area contributed by atoms with Crippen LogP contribution in [-0.2, 0) is 0 Å². The molecule has 0 spiro atoms. The van der Waals surface area contributed by atoms with E-state index in [2.05, 4.69) is 42.4 Å². The summed E-state index contributed by atoms with van der Waals surface area (Å²) in [6.45, 7) is 8.50. The zero-order valence-corrected chi connectivity index (χ0v) is 16.7. The lowest BCUT2D eigenvalue weighted by atomic mass is 9.96. The van der Waals surface area contributed by atoms with Crippen molar-refractivity contribution in [2.24, 2.45) is 0 Å². The smallest absolute Gasteiger partial charge is 0.125 e. The summed E-state index contributed by atoms with van der Waals surface area (Å²) in [6, 6.07) is 8.45. The van der Waals surface area contributed by atoms with Crippen molar-refractivity contribution in [3.63, 3.8) is 0 Å². The summed E-state index contributed by atoms with van der Waals surface area (Å²) in [5.74, 6) is -0.386. The molecule has 0 saturated heterocycles. The van der Waals surface area contributed by atoms with Crippen molar-refractivity contribution in [3.05, 3.63) is 59.1 Å². The lowest BCUT2D eigenvalue weighted by Gasteiger charge is -2.24. The third kappa shape index (κ3) is 4.17. The summed E-state index contributed by atoms with van der Waals surface area (Å²) >= 11 is 7.89. The number of halogens is 2. The molecule has 3 aromatic rings. The minimum absolute atomic E-state index is 0.00447. The fourth-order valence-corrected chi connectivity index (χ4v) is 3.61. The van der Waals surface area contributed by atoms with E-state index in [4.69, 9.17) is 11.6 Å². The summed E-state index contributed by atoms with van der Waals surface area (Å²) in [5, 5.41) is 0.967. The molecule has 1 unspecified atom stereocenters. The second-order valence-corrected chi connectivity index (χ2v) is 9.21. The van der Waals surface area contributed by atoms with Gasteiger partial charge in [0.25, 0.3) is 0 Å². The molecule has 1 N–H and O–H groups in total. The Bertz CT molecular complexity index is 926. The molecule has 6 heteroatoms. The second-order valence-electron chi connectivity index (χ2n) is 7.14. The standard InChI is InChI=1S/C20H21ClFN3S/c1-12(25-26-20(2,3)4)15-11-24-19-14(9-13(22)10-16(19)21)18(15)17-7-5-6-8-23-17/h5-12,25H,1-4H3. The number of hydrogen-bond acceptors (Lipinski definition) is 4. The van der Waals surface area contributed by atoms with Gasteiger partial charge in [0, 0.05) is 34.1 Å². The average molecular weight is 390 g/mol. The van der Waals surface area contributed by atoms with Crippen LogP contribution in [0.2, 0.25) is 5.02 Å². The molecule has 1 atom stereocenters. The molecule has 0 bridgehead atoms. The average Bonchev–Trinajstić information content (AvgIpc) is 2.58. The van der Waals surface area contributed by atoms with Crippen LogP contribution in [0.5, 0.6) is 0 Å². The van der Waals surface area contributed by atoms with Crippen molar-refractivity contribution in [2.45, 2.75) is 38.5 Å². The van der Waals surface area contributed by atoms with Crippen LogP contribution in [0.25, 0.3) is 22.2 Å². The second kappa shape index (κ2) is 7.51. The predicted molar refractivity (Wildman–Crippen MR) is 109 cm³/mol. The lowest BCUT2D eigenvalue weighted by Crippen LogP contribution is -2.20. The molecule has 0 aliphatic rings. The molecule has 3 rings (SSSR count). The fraction of sp³-hybridized carbons (Fsp3) is 0.300. The Kier molecular flexibility index (Phi) is 5.51. The minimum Gasteiger partial charge on any atom is -0.256 e. The van der Waals surface area contributed by atoms with Crippen molar-refractivity contribution in [1.29, 1.82) is 0 Å². The Morgan fingerprint density at radius 1 is 1.19 bits per heavy atom. The molecular weight excluding hydrogens is 369 g/mol. The van der Waals surface area contributed by atoms with Gasteiger partial charge in [-0.05, 0) is 57.5 Å². The van der Waals surface area contributed by atoms with Gasteiger partial charge < -0.3 is 0 Å². The summed E-state index contributed by atoms with van der Waals surface area (Å²) in [5.41, 5.74) is 3.15. The number of rotatable bonds is 4. The molecule has 2 heterocycles. The number of aromatic nitrogens is 2. The van der Waals surface area contributed by atoms with Crippen molar-refractivity contribution in [1.82, 2.24) is 14.7 Å². The third-order valence-electron chi connectivity index (χ3n) is 3.85. The van der Waals surface area contributed by atoms with Gasteiger partial charge in [-0.15, -0.1) is 0 Å². The summed E-state index contributed by atoms with van der Waals surface area (Å²) in [7, 11) is 0. The minimum atomic E-state index is -0.386. The van der Waals surface area contributed by atoms with Gasteiger partial charge in [0.05, 0.1) is 16.2 Å². The Labute approximate surface area is 162 Å². The number of benzene rings is 1. The van der Waals surface area contributed by atoms with E-state index in [9.17, 15) is 4.39 Å². The summed E-state index contributed by atoms with van der Waals surface area (Å²) in [6.07, 6.45) is 3.53. The van der Waals surface area contributed by atoms with E-state index < -0.39 is 0 Å². The van der Waals surface area contributed by atoms with Gasteiger partial charge >= 0.3 is 0 Å². The van der Waals surface area contributed by atoms with Crippen LogP contribution in [0.3, 0.4) is 0 Å². The maximum Gasteiger partial charge on any atom is 0.125 e. The highest BCUT2D eigenvalue weighted by Gasteiger charge is 2.20.